The van der Waals surface area contributed by atoms with Crippen LogP contribution < -0.4 is 21.7 Å². The highest BCUT2D eigenvalue weighted by atomic mass is 19.4. The van der Waals surface area contributed by atoms with E-state index < -0.39 is 94.0 Å². The zero-order chi connectivity index (χ0) is 104. The Hall–Kier alpha value is -17.9. The average molecular weight is 1990 g/mol. The molecule has 0 aliphatic heterocycles. The zero-order valence-electron chi connectivity index (χ0n) is 76.5. The van der Waals surface area contributed by atoms with Gasteiger partial charge in [0, 0.05) is 69.3 Å². The number of alkyl halides is 12. The van der Waals surface area contributed by atoms with Crippen LogP contribution in [0.15, 0.2) is 288 Å². The summed E-state index contributed by atoms with van der Waals surface area (Å²) in [4.78, 5) is 44.6. The van der Waals surface area contributed by atoms with Gasteiger partial charge in [-0.2, -0.15) is 93.5 Å². The predicted molar refractivity (Wildman–Crippen MR) is 512 cm³/mol. The Labute approximate surface area is 808 Å². The molecule has 0 atom stereocenters. The van der Waals surface area contributed by atoms with E-state index in [0.717, 1.165) is 77.2 Å². The van der Waals surface area contributed by atoms with Crippen LogP contribution in [0.4, 0.5) is 93.0 Å². The Morgan fingerprint density at radius 1 is 0.278 bits per heavy atom. The number of hydrazone groups is 4. The summed E-state index contributed by atoms with van der Waals surface area (Å²) in [5, 5.41) is 70.7. The molecule has 144 heavy (non-hydrogen) atoms. The maximum Gasteiger partial charge on any atom is 0.416 e. The molecule has 736 valence electrons. The number of aromatic carboxylic acids is 4. The van der Waals surface area contributed by atoms with Crippen LogP contribution in [0.5, 0.6) is 0 Å². The van der Waals surface area contributed by atoms with Crippen molar-refractivity contribution in [2.75, 3.05) is 21.7 Å². The number of anilines is 4. The van der Waals surface area contributed by atoms with Crippen LogP contribution >= 0.6 is 0 Å². The average Bonchev–Trinajstić information content (AvgIpc) is 1.67. The van der Waals surface area contributed by atoms with Crippen molar-refractivity contribution in [3.63, 3.8) is 0 Å². The van der Waals surface area contributed by atoms with Crippen LogP contribution in [-0.4, -0.2) is 108 Å². The van der Waals surface area contributed by atoms with E-state index in [-0.39, 0.29) is 72.8 Å². The van der Waals surface area contributed by atoms with Crippen LogP contribution in [0.3, 0.4) is 0 Å². The van der Waals surface area contributed by atoms with Gasteiger partial charge in [0.1, 0.15) is 34.3 Å². The largest absolute Gasteiger partial charge is 0.478 e. The summed E-state index contributed by atoms with van der Waals surface area (Å²) in [5.41, 5.74) is 18.2. The minimum atomic E-state index is -4.63. The molecule has 16 aromatic rings. The monoisotopic (exact) mass is 1980 g/mol. The lowest BCUT2D eigenvalue weighted by Gasteiger charge is -2.10. The zero-order valence-corrected chi connectivity index (χ0v) is 76.5. The number of hydrogen-bond acceptors (Lipinski definition) is 16. The molecule has 0 aliphatic carbocycles. The van der Waals surface area contributed by atoms with Crippen molar-refractivity contribution in [2.45, 2.75) is 80.1 Å². The molecule has 0 spiro atoms. The number of nitrogens with one attached hydrogen (secondary N) is 4. The number of carboxylic acid groups (broad SMARTS) is 4. The summed E-state index contributed by atoms with van der Waals surface area (Å²) in [7, 11) is 0. The Balaban J connectivity index is 0.000000161. The highest BCUT2D eigenvalue weighted by Gasteiger charge is 2.36. The van der Waals surface area contributed by atoms with Crippen molar-refractivity contribution in [3.8, 4) is 67.8 Å². The normalized spacial score (nSPS) is 11.7. The highest BCUT2D eigenvalue weighted by Crippen LogP contribution is 2.40. The number of aromatic nitrogens is 8. The molecular formula is C104H80F16N16O8. The summed E-state index contributed by atoms with van der Waals surface area (Å²) >= 11 is 0. The Bertz CT molecular complexity index is 7340. The molecule has 40 heteroatoms. The number of rotatable bonds is 24. The molecule has 0 fully saturated rings. The van der Waals surface area contributed by atoms with Crippen molar-refractivity contribution >= 4 is 71.5 Å². The van der Waals surface area contributed by atoms with Gasteiger partial charge >= 0.3 is 48.6 Å². The van der Waals surface area contributed by atoms with Gasteiger partial charge in [-0.25, -0.2) is 55.5 Å². The van der Waals surface area contributed by atoms with Crippen LogP contribution in [0.2, 0.25) is 0 Å². The van der Waals surface area contributed by atoms with Gasteiger partial charge in [-0.1, -0.05) is 35.4 Å². The number of aryl methyl sites for hydroxylation is 8. The summed E-state index contributed by atoms with van der Waals surface area (Å²) in [6.07, 6.45) is -6.52. The molecule has 0 bridgehead atoms. The van der Waals surface area contributed by atoms with Crippen molar-refractivity contribution in [2.24, 2.45) is 20.4 Å². The second-order valence-corrected chi connectivity index (χ2v) is 32.6. The third-order valence-corrected chi connectivity index (χ3v) is 21.4. The number of halogens is 16. The van der Waals surface area contributed by atoms with Crippen LogP contribution in [-0.2, 0) is 24.7 Å². The molecule has 24 nitrogen and oxygen atoms in total. The molecule has 0 saturated heterocycles. The van der Waals surface area contributed by atoms with Gasteiger partial charge in [0.05, 0.1) is 109 Å². The molecular weight excluding hydrogens is 1910 g/mol. The van der Waals surface area contributed by atoms with E-state index in [1.54, 1.807) is 94.8 Å². The lowest BCUT2D eigenvalue weighted by atomic mass is 10.0. The topological polar surface area (TPSA) is 318 Å². The number of hydrogen-bond donors (Lipinski definition) is 8. The lowest BCUT2D eigenvalue weighted by Crippen LogP contribution is -2.06. The maximum absolute atomic E-state index is 14.3. The summed E-state index contributed by atoms with van der Waals surface area (Å²) in [5.74, 6) is -8.57. The molecule has 0 unspecified atom stereocenters. The Morgan fingerprint density at radius 3 is 0.778 bits per heavy atom. The van der Waals surface area contributed by atoms with E-state index in [1.807, 2.05) is 62.4 Å². The van der Waals surface area contributed by atoms with E-state index in [4.69, 9.17) is 20.4 Å². The third-order valence-electron chi connectivity index (χ3n) is 21.4. The van der Waals surface area contributed by atoms with Gasteiger partial charge < -0.3 is 20.4 Å². The maximum atomic E-state index is 14.3. The number of carboxylic acids is 4. The van der Waals surface area contributed by atoms with Crippen LogP contribution in [0, 0.1) is 78.7 Å². The van der Waals surface area contributed by atoms with Gasteiger partial charge in [-0.05, 0) is 307 Å². The fourth-order valence-corrected chi connectivity index (χ4v) is 14.2. The molecule has 4 aromatic heterocycles. The van der Waals surface area contributed by atoms with Gasteiger partial charge in [0.15, 0.2) is 17.5 Å². The standard InChI is InChI=1S/C26H18F6N4O2.C26H20F4N4O2.2C26H21F3N4O2/c1-13-7-16(10-18(8-13)26(30,31)32)23-17(11-33-34-24-21(28)14(2)9-20(27)22(24)29)12-36(35-23)19-5-3-15(4-6-19)25(37)38;1-15-9-18(12-20(10-15)26(28,29)30)24-19(13-31-32-21-5-8-23(27)16(2)11-21)14-34(33-24)22-6-3-17(4-7-22)25(35)36;2*1-16-3-7-22(8-4-16)31-30-14-20-15-33(23-9-5-18(6-10-23)25(34)35)32-24(20)19-11-17(2)12-21(13-19)26(27,28)29/h3-12,34H,1-2H3,(H,37,38);3-14,32H,1-2H3,(H,35,36);2*3-15,31H,1-2H3,(H,34,35)/b33-11+;31-13+;2*30-14+. The molecule has 16 rings (SSSR count). The molecule has 0 amide bonds. The fourth-order valence-electron chi connectivity index (χ4n) is 14.2. The first-order chi connectivity index (χ1) is 68.0. The predicted octanol–water partition coefficient (Wildman–Crippen LogP) is 25.8. The molecule has 4 heterocycles. The second kappa shape index (κ2) is 43.7. The van der Waals surface area contributed by atoms with Crippen LogP contribution in [0.1, 0.15) is 130 Å². The van der Waals surface area contributed by atoms with E-state index in [0.29, 0.717) is 90.4 Å². The Kier molecular flexibility index (Phi) is 31.4. The first-order valence-electron chi connectivity index (χ1n) is 42.8. The summed E-state index contributed by atoms with van der Waals surface area (Å²) in [6.45, 7) is 13.0. The van der Waals surface area contributed by atoms with Gasteiger partial charge in [0.2, 0.25) is 0 Å². The summed E-state index contributed by atoms with van der Waals surface area (Å²) < 4.78 is 223. The number of benzene rings is 12. The minimum absolute atomic E-state index is 0.00931. The number of nitrogens with zero attached hydrogens (tertiary/aromatic N) is 12. The molecule has 0 saturated carbocycles. The highest BCUT2D eigenvalue weighted by molar-refractivity contribution is 5.94. The molecule has 8 N–H and O–H groups in total. The summed E-state index contributed by atoms with van der Waals surface area (Å²) in [6, 6.07) is 58.1. The SMILES string of the molecule is Cc1cc(-c2nn(-c3ccc(C(=O)O)cc3)cc2/C=N/Nc2c(F)c(C)cc(F)c2F)cc(C(F)(F)F)c1.Cc1cc(-c2nn(-c3ccc(C(=O)O)cc3)cc2/C=N/Nc2ccc(F)c(C)c2)cc(C(F)(F)F)c1.Cc1ccc(N/N=C/c2cn(-c3ccc(C(=O)O)cc3)nc2-c2cc(C)cc(C(F)(F)F)c2)cc1.Cc1ccc(N/N=C/c2cn(-c3ccc(C(=O)O)cc3)nc2-c2cc(C)cc(C(F)(F)F)c2)cc1. The second-order valence-electron chi connectivity index (χ2n) is 32.6. The van der Waals surface area contributed by atoms with E-state index in [2.05, 4.69) is 62.5 Å². The third kappa shape index (κ3) is 26.4. The van der Waals surface area contributed by atoms with Crippen molar-refractivity contribution in [1.29, 1.82) is 0 Å². The first kappa shape index (κ1) is 103. The first-order valence-corrected chi connectivity index (χ1v) is 42.8. The van der Waals surface area contributed by atoms with E-state index >= 15 is 0 Å². The Morgan fingerprint density at radius 2 is 0.528 bits per heavy atom. The quantitative estimate of drug-likeness (QED) is 0.0121. The van der Waals surface area contributed by atoms with Crippen molar-refractivity contribution < 1.29 is 110 Å². The van der Waals surface area contributed by atoms with Gasteiger partial charge in [-0.3, -0.25) is 21.7 Å². The van der Waals surface area contributed by atoms with Crippen LogP contribution in [0.25, 0.3) is 67.8 Å². The minimum Gasteiger partial charge on any atom is -0.478 e. The van der Waals surface area contributed by atoms with E-state index in [1.165, 1.54) is 148 Å². The van der Waals surface area contributed by atoms with E-state index in [9.17, 15) is 89.4 Å². The van der Waals surface area contributed by atoms with Crippen molar-refractivity contribution in [1.82, 2.24) is 39.1 Å². The molecule has 0 radical (unpaired) electrons. The van der Waals surface area contributed by atoms with Crippen molar-refractivity contribution in [3.05, 3.63) is 402 Å². The van der Waals surface area contributed by atoms with Gasteiger partial charge in [-0.15, -0.1) is 0 Å². The molecule has 12 aromatic carbocycles. The lowest BCUT2D eigenvalue weighted by molar-refractivity contribution is -0.138. The molecule has 0 aliphatic rings. The fraction of sp³-hybridized carbons (Fsp3) is 0.115. The van der Waals surface area contributed by atoms with Gasteiger partial charge in [0.25, 0.3) is 0 Å². The number of carbonyl (C=O) groups is 4. The smallest absolute Gasteiger partial charge is 0.416 e.